The number of aromatic nitrogens is 3. The monoisotopic (exact) mass is 259 g/mol. The van der Waals surface area contributed by atoms with Crippen LogP contribution in [0, 0.1) is 0 Å². The first-order valence-electron chi connectivity index (χ1n) is 6.08. The molecule has 6 heteroatoms. The second kappa shape index (κ2) is 6.10. The molecule has 0 aliphatic carbocycles. The number of likely N-dealkylation sites (N-methyl/N-ethyl adjacent to an activating group) is 1. The van der Waals surface area contributed by atoms with E-state index in [1.165, 1.54) is 4.68 Å². The van der Waals surface area contributed by atoms with Crippen molar-refractivity contribution in [3.8, 4) is 0 Å². The summed E-state index contributed by atoms with van der Waals surface area (Å²) in [6.45, 7) is 1.67. The maximum absolute atomic E-state index is 12.0. The van der Waals surface area contributed by atoms with E-state index in [0.29, 0.717) is 19.6 Å². The molecule has 2 rings (SSSR count). The van der Waals surface area contributed by atoms with E-state index in [1.807, 2.05) is 24.1 Å². The highest BCUT2D eigenvalue weighted by molar-refractivity contribution is 5.41. The van der Waals surface area contributed by atoms with E-state index in [1.54, 1.807) is 24.7 Å². The fourth-order valence-corrected chi connectivity index (χ4v) is 1.74. The topological polar surface area (TPSA) is 77.0 Å². The molecule has 6 nitrogen and oxygen atoms in total. The zero-order valence-electron chi connectivity index (χ0n) is 10.9. The van der Waals surface area contributed by atoms with Crippen LogP contribution in [0.1, 0.15) is 5.56 Å². The minimum atomic E-state index is -0.127. The van der Waals surface area contributed by atoms with Crippen LogP contribution < -0.4 is 16.2 Å². The quantitative estimate of drug-likeness (QED) is 0.823. The van der Waals surface area contributed by atoms with Crippen LogP contribution in [0.15, 0.2) is 41.6 Å². The van der Waals surface area contributed by atoms with Crippen LogP contribution in [0.4, 0.5) is 5.69 Å². The van der Waals surface area contributed by atoms with Gasteiger partial charge in [0.25, 0.3) is 5.56 Å². The molecular formula is C13H17N5O. The third-order valence-corrected chi connectivity index (χ3v) is 2.84. The van der Waals surface area contributed by atoms with Crippen molar-refractivity contribution in [3.63, 3.8) is 0 Å². The largest absolute Gasteiger partial charge is 0.372 e. The summed E-state index contributed by atoms with van der Waals surface area (Å²) >= 11 is 0. The molecule has 0 fully saturated rings. The molecule has 100 valence electrons. The molecule has 0 saturated heterocycles. The molecule has 2 aromatic rings. The van der Waals surface area contributed by atoms with Crippen molar-refractivity contribution in [3.05, 3.63) is 52.7 Å². The summed E-state index contributed by atoms with van der Waals surface area (Å²) in [6.07, 6.45) is 5.08. The molecule has 2 N–H and O–H groups in total. The average molecular weight is 259 g/mol. The van der Waals surface area contributed by atoms with Gasteiger partial charge < -0.3 is 10.6 Å². The SMILES string of the molecule is CN(CCN)c1cnn(Cc2ccncc2)c(=O)c1. The molecule has 0 unspecified atom stereocenters. The number of hydrogen-bond donors (Lipinski definition) is 1. The molecule has 0 bridgehead atoms. The maximum atomic E-state index is 12.0. The number of pyridine rings is 1. The summed E-state index contributed by atoms with van der Waals surface area (Å²) in [5.41, 5.74) is 7.13. The highest BCUT2D eigenvalue weighted by atomic mass is 16.1. The number of hydrogen-bond acceptors (Lipinski definition) is 5. The molecule has 0 aromatic carbocycles. The Balaban J connectivity index is 2.18. The van der Waals surface area contributed by atoms with Gasteiger partial charge in [-0.25, -0.2) is 4.68 Å². The molecule has 0 saturated carbocycles. The molecule has 0 atom stereocenters. The average Bonchev–Trinajstić information content (AvgIpc) is 2.42. The highest BCUT2D eigenvalue weighted by Gasteiger charge is 2.04. The lowest BCUT2D eigenvalue weighted by Gasteiger charge is -2.17. The summed E-state index contributed by atoms with van der Waals surface area (Å²) < 4.78 is 1.43. The minimum Gasteiger partial charge on any atom is -0.372 e. The van der Waals surface area contributed by atoms with E-state index in [4.69, 9.17) is 5.73 Å². The summed E-state index contributed by atoms with van der Waals surface area (Å²) in [7, 11) is 1.89. The normalized spacial score (nSPS) is 10.4. The predicted molar refractivity (Wildman–Crippen MR) is 74.2 cm³/mol. The van der Waals surface area contributed by atoms with Gasteiger partial charge in [0.15, 0.2) is 0 Å². The van der Waals surface area contributed by atoms with Crippen molar-refractivity contribution in [1.29, 1.82) is 0 Å². The molecule has 0 aliphatic rings. The van der Waals surface area contributed by atoms with E-state index in [9.17, 15) is 4.79 Å². The van der Waals surface area contributed by atoms with Crippen LogP contribution >= 0.6 is 0 Å². The maximum Gasteiger partial charge on any atom is 0.269 e. The summed E-state index contributed by atoms with van der Waals surface area (Å²) in [5, 5.41) is 4.18. The van der Waals surface area contributed by atoms with Crippen LogP contribution in [0.25, 0.3) is 0 Å². The first kappa shape index (κ1) is 13.2. The van der Waals surface area contributed by atoms with Gasteiger partial charge in [-0.05, 0) is 17.7 Å². The van der Waals surface area contributed by atoms with Crippen molar-refractivity contribution in [1.82, 2.24) is 14.8 Å². The van der Waals surface area contributed by atoms with Crippen LogP contribution in [0.5, 0.6) is 0 Å². The third-order valence-electron chi connectivity index (χ3n) is 2.84. The molecular weight excluding hydrogens is 242 g/mol. The van der Waals surface area contributed by atoms with Crippen LogP contribution in [-0.4, -0.2) is 34.9 Å². The molecule has 2 aromatic heterocycles. The molecule has 0 radical (unpaired) electrons. The highest BCUT2D eigenvalue weighted by Crippen LogP contribution is 2.06. The van der Waals surface area contributed by atoms with Gasteiger partial charge in [-0.1, -0.05) is 0 Å². The summed E-state index contributed by atoms with van der Waals surface area (Å²) in [6, 6.07) is 5.30. The van der Waals surface area contributed by atoms with Gasteiger partial charge >= 0.3 is 0 Å². The second-order valence-corrected chi connectivity index (χ2v) is 4.28. The Morgan fingerprint density at radius 2 is 2.11 bits per heavy atom. The van der Waals surface area contributed by atoms with Gasteiger partial charge in [-0.15, -0.1) is 0 Å². The predicted octanol–water partition coefficient (Wildman–Crippen LogP) is 0.0815. The standard InChI is InChI=1S/C13H17N5O/c1-17(7-4-14)12-8-13(19)18(16-9-12)10-11-2-5-15-6-3-11/h2-3,5-6,8-9H,4,7,10,14H2,1H3. The molecule has 0 amide bonds. The Morgan fingerprint density at radius 3 is 2.74 bits per heavy atom. The lowest BCUT2D eigenvalue weighted by atomic mass is 10.3. The van der Waals surface area contributed by atoms with Gasteiger partial charge in [0.05, 0.1) is 18.4 Å². The van der Waals surface area contributed by atoms with Crippen LogP contribution in [0.3, 0.4) is 0 Å². The van der Waals surface area contributed by atoms with Crippen molar-refractivity contribution in [2.75, 3.05) is 25.0 Å². The Morgan fingerprint density at radius 1 is 1.37 bits per heavy atom. The molecule has 2 heterocycles. The van der Waals surface area contributed by atoms with Crippen molar-refractivity contribution in [2.24, 2.45) is 5.73 Å². The van der Waals surface area contributed by atoms with E-state index in [-0.39, 0.29) is 5.56 Å². The lowest BCUT2D eigenvalue weighted by Crippen LogP contribution is -2.29. The zero-order valence-corrected chi connectivity index (χ0v) is 10.9. The van der Waals surface area contributed by atoms with Gasteiger partial charge in [0.1, 0.15) is 0 Å². The smallest absolute Gasteiger partial charge is 0.269 e. The first-order valence-corrected chi connectivity index (χ1v) is 6.08. The third kappa shape index (κ3) is 3.38. The fourth-order valence-electron chi connectivity index (χ4n) is 1.74. The molecule has 0 aliphatic heterocycles. The van der Waals surface area contributed by atoms with E-state index in [2.05, 4.69) is 10.1 Å². The summed E-state index contributed by atoms with van der Waals surface area (Å²) in [4.78, 5) is 17.8. The van der Waals surface area contributed by atoms with Crippen LogP contribution in [0.2, 0.25) is 0 Å². The number of nitrogens with zero attached hydrogens (tertiary/aromatic N) is 4. The first-order chi connectivity index (χ1) is 9.20. The Labute approximate surface area is 111 Å². The van der Waals surface area contributed by atoms with E-state index >= 15 is 0 Å². The van der Waals surface area contributed by atoms with Gasteiger partial charge in [0.2, 0.25) is 0 Å². The van der Waals surface area contributed by atoms with Crippen LogP contribution in [-0.2, 0) is 6.54 Å². The Bertz CT molecular complexity index is 581. The van der Waals surface area contributed by atoms with E-state index in [0.717, 1.165) is 11.3 Å². The lowest BCUT2D eigenvalue weighted by molar-refractivity contribution is 0.636. The number of rotatable bonds is 5. The fraction of sp³-hybridized carbons (Fsp3) is 0.308. The number of nitrogens with two attached hydrogens (primary N) is 1. The van der Waals surface area contributed by atoms with Crippen molar-refractivity contribution >= 4 is 5.69 Å². The van der Waals surface area contributed by atoms with Crippen molar-refractivity contribution < 1.29 is 0 Å². The minimum absolute atomic E-state index is 0.127. The Kier molecular flexibility index (Phi) is 4.25. The van der Waals surface area contributed by atoms with Crippen molar-refractivity contribution in [2.45, 2.75) is 6.54 Å². The second-order valence-electron chi connectivity index (χ2n) is 4.28. The summed E-state index contributed by atoms with van der Waals surface area (Å²) in [5.74, 6) is 0. The van der Waals surface area contributed by atoms with E-state index < -0.39 is 0 Å². The molecule has 0 spiro atoms. The number of anilines is 1. The van der Waals surface area contributed by atoms with Gasteiger partial charge in [-0.2, -0.15) is 5.10 Å². The Hall–Kier alpha value is -2.21. The van der Waals surface area contributed by atoms with Gasteiger partial charge in [0, 0.05) is 38.6 Å². The zero-order chi connectivity index (χ0) is 13.7. The molecule has 19 heavy (non-hydrogen) atoms. The van der Waals surface area contributed by atoms with Gasteiger partial charge in [-0.3, -0.25) is 9.78 Å².